The van der Waals surface area contributed by atoms with Crippen molar-refractivity contribution in [1.29, 1.82) is 0 Å². The van der Waals surface area contributed by atoms with E-state index in [-0.39, 0.29) is 5.69 Å². The number of aromatic nitrogens is 1. The number of nitrogens with zero attached hydrogens (tertiary/aromatic N) is 2. The Balaban J connectivity index is 0.00000167. The van der Waals surface area contributed by atoms with Crippen LogP contribution in [0.4, 0.5) is 5.69 Å². The monoisotopic (exact) mass is 470 g/mol. The van der Waals surface area contributed by atoms with Gasteiger partial charge in [0.15, 0.2) is 5.75 Å². The molecule has 0 bridgehead atoms. The van der Waals surface area contributed by atoms with Crippen LogP contribution in [0.1, 0.15) is 19.4 Å². The van der Waals surface area contributed by atoms with Gasteiger partial charge in [0.05, 0.1) is 4.92 Å². The van der Waals surface area contributed by atoms with Crippen molar-refractivity contribution in [2.24, 2.45) is 0 Å². The zero-order chi connectivity index (χ0) is 24.9. The second kappa shape index (κ2) is 13.6. The molecule has 7 nitrogen and oxygen atoms in total. The van der Waals surface area contributed by atoms with Crippen molar-refractivity contribution in [3.63, 3.8) is 0 Å². The van der Waals surface area contributed by atoms with Crippen molar-refractivity contribution < 1.29 is 9.76 Å². The molecule has 0 amide bonds. The zero-order valence-electron chi connectivity index (χ0n) is 20.0. The van der Waals surface area contributed by atoms with Crippen molar-refractivity contribution in [2.75, 3.05) is 19.6 Å². The van der Waals surface area contributed by atoms with E-state index >= 15 is 0 Å². The predicted molar refractivity (Wildman–Crippen MR) is 142 cm³/mol. The summed E-state index contributed by atoms with van der Waals surface area (Å²) in [6.07, 6.45) is 7.51. The van der Waals surface area contributed by atoms with Gasteiger partial charge < -0.3 is 10.2 Å². The number of benzene rings is 3. The quantitative estimate of drug-likeness (QED) is 0.167. The third-order valence-electron chi connectivity index (χ3n) is 5.08. The van der Waals surface area contributed by atoms with Gasteiger partial charge in [-0.15, -0.1) is 0 Å². The Hall–Kier alpha value is -4.07. The largest absolute Gasteiger partial charge is 0.408 e. The van der Waals surface area contributed by atoms with E-state index in [2.05, 4.69) is 34.0 Å². The molecule has 3 aromatic carbocycles. The van der Waals surface area contributed by atoms with Crippen LogP contribution < -0.4 is 15.6 Å². The second-order valence-electron chi connectivity index (χ2n) is 7.39. The van der Waals surface area contributed by atoms with Gasteiger partial charge in [0.1, 0.15) is 0 Å². The fourth-order valence-corrected chi connectivity index (χ4v) is 3.41. The highest BCUT2D eigenvalue weighted by Crippen LogP contribution is 2.31. The number of nitro benzene ring substituents is 1. The number of nitro groups is 1. The fraction of sp³-hybridized carbons (Fsp3) is 0.179. The molecule has 0 radical (unpaired) electrons. The number of hydrogen-bond acceptors (Lipinski definition) is 6. The van der Waals surface area contributed by atoms with Gasteiger partial charge >= 0.3 is 0 Å². The first-order chi connectivity index (χ1) is 17.2. The molecular weight excluding hydrogens is 440 g/mol. The lowest BCUT2D eigenvalue weighted by atomic mass is 10.0. The number of hydrogen-bond donors (Lipinski definition) is 2. The summed E-state index contributed by atoms with van der Waals surface area (Å²) in [6, 6.07) is 22.7. The van der Waals surface area contributed by atoms with E-state index in [0.717, 1.165) is 33.2 Å². The SMILES string of the molecule is CC.O=[N+]([O-])c1ccc(/C=C/CNCCNOc2cc(-c3ccccc3)cc3cnccc23)cc1. The first-order valence-corrected chi connectivity index (χ1v) is 11.7. The summed E-state index contributed by atoms with van der Waals surface area (Å²) in [5, 5.41) is 16.0. The third kappa shape index (κ3) is 7.46. The van der Waals surface area contributed by atoms with Crippen LogP contribution in [0.5, 0.6) is 5.75 Å². The van der Waals surface area contributed by atoms with Gasteiger partial charge in [-0.1, -0.05) is 56.3 Å². The van der Waals surface area contributed by atoms with E-state index < -0.39 is 4.92 Å². The molecule has 1 aromatic heterocycles. The summed E-state index contributed by atoms with van der Waals surface area (Å²) in [4.78, 5) is 20.4. The van der Waals surface area contributed by atoms with Crippen LogP contribution in [-0.4, -0.2) is 29.5 Å². The van der Waals surface area contributed by atoms with Crippen molar-refractivity contribution in [3.05, 3.63) is 107 Å². The number of fused-ring (bicyclic) bond motifs is 1. The average Bonchev–Trinajstić information content (AvgIpc) is 2.92. The van der Waals surface area contributed by atoms with Crippen LogP contribution in [0, 0.1) is 10.1 Å². The summed E-state index contributed by atoms with van der Waals surface area (Å²) >= 11 is 0. The lowest BCUT2D eigenvalue weighted by Gasteiger charge is -2.12. The van der Waals surface area contributed by atoms with Gasteiger partial charge in [0.25, 0.3) is 5.69 Å². The minimum absolute atomic E-state index is 0.0923. The minimum Gasteiger partial charge on any atom is -0.408 e. The molecule has 35 heavy (non-hydrogen) atoms. The molecule has 0 saturated heterocycles. The number of nitrogens with one attached hydrogen (secondary N) is 2. The molecule has 7 heteroatoms. The van der Waals surface area contributed by atoms with Crippen molar-refractivity contribution >= 4 is 22.5 Å². The van der Waals surface area contributed by atoms with Crippen molar-refractivity contribution in [2.45, 2.75) is 13.8 Å². The molecule has 0 atom stereocenters. The Labute approximate surface area is 205 Å². The summed E-state index contributed by atoms with van der Waals surface area (Å²) in [7, 11) is 0. The summed E-state index contributed by atoms with van der Waals surface area (Å²) < 4.78 is 0. The van der Waals surface area contributed by atoms with E-state index in [9.17, 15) is 10.1 Å². The highest BCUT2D eigenvalue weighted by atomic mass is 16.6. The fourth-order valence-electron chi connectivity index (χ4n) is 3.41. The van der Waals surface area contributed by atoms with Crippen molar-refractivity contribution in [3.8, 4) is 16.9 Å². The van der Waals surface area contributed by atoms with Crippen LogP contribution in [0.15, 0.2) is 91.3 Å². The minimum atomic E-state index is -0.401. The molecule has 4 aromatic rings. The first-order valence-electron chi connectivity index (χ1n) is 11.7. The Kier molecular flexibility index (Phi) is 9.92. The van der Waals surface area contributed by atoms with Crippen LogP contribution in [0.2, 0.25) is 0 Å². The van der Waals surface area contributed by atoms with Gasteiger partial charge in [-0.05, 0) is 47.0 Å². The highest BCUT2D eigenvalue weighted by molar-refractivity contribution is 5.92. The molecular formula is C28H30N4O3. The molecule has 2 N–H and O–H groups in total. The average molecular weight is 471 g/mol. The van der Waals surface area contributed by atoms with Gasteiger partial charge in [0.2, 0.25) is 0 Å². The van der Waals surface area contributed by atoms with Crippen molar-refractivity contribution in [1.82, 2.24) is 15.8 Å². The first kappa shape index (κ1) is 25.6. The van der Waals surface area contributed by atoms with E-state index in [4.69, 9.17) is 4.84 Å². The van der Waals surface area contributed by atoms with Gasteiger partial charge in [0, 0.05) is 54.9 Å². The lowest BCUT2D eigenvalue weighted by molar-refractivity contribution is -0.384. The Morgan fingerprint density at radius 1 is 0.971 bits per heavy atom. The van der Waals surface area contributed by atoms with E-state index in [1.165, 1.54) is 12.1 Å². The van der Waals surface area contributed by atoms with Crippen LogP contribution in [-0.2, 0) is 0 Å². The van der Waals surface area contributed by atoms with Crippen LogP contribution in [0.3, 0.4) is 0 Å². The summed E-state index contributed by atoms with van der Waals surface area (Å²) in [6.45, 7) is 6.01. The van der Waals surface area contributed by atoms with Crippen LogP contribution >= 0.6 is 0 Å². The number of pyridine rings is 1. The molecule has 4 rings (SSSR count). The molecule has 1 heterocycles. The molecule has 0 spiro atoms. The Morgan fingerprint density at radius 2 is 1.74 bits per heavy atom. The molecule has 0 aliphatic rings. The molecule has 180 valence electrons. The summed E-state index contributed by atoms with van der Waals surface area (Å²) in [5.41, 5.74) is 6.23. The Bertz CT molecular complexity index is 1240. The van der Waals surface area contributed by atoms with Crippen LogP contribution in [0.25, 0.3) is 28.0 Å². The summed E-state index contributed by atoms with van der Waals surface area (Å²) in [5.74, 6) is 0.756. The van der Waals surface area contributed by atoms with Gasteiger partial charge in [-0.2, -0.15) is 5.48 Å². The van der Waals surface area contributed by atoms with E-state index in [1.54, 1.807) is 18.3 Å². The predicted octanol–water partition coefficient (Wildman–Crippen LogP) is 6.02. The maximum absolute atomic E-state index is 10.7. The van der Waals surface area contributed by atoms with E-state index in [0.29, 0.717) is 19.6 Å². The van der Waals surface area contributed by atoms with E-state index in [1.807, 2.05) is 62.5 Å². The zero-order valence-corrected chi connectivity index (χ0v) is 20.0. The van der Waals surface area contributed by atoms with Gasteiger partial charge in [-0.25, -0.2) is 0 Å². The maximum atomic E-state index is 10.7. The molecule has 0 saturated carbocycles. The topological polar surface area (TPSA) is 89.3 Å². The number of hydroxylamine groups is 1. The maximum Gasteiger partial charge on any atom is 0.269 e. The number of rotatable bonds is 10. The standard InChI is InChI=1S/C26H24N4O3.C2H6/c31-30(32)24-10-8-20(9-11-24)5-4-13-27-15-16-29-33-26-18-22(21-6-2-1-3-7-21)17-23-19-28-14-12-25(23)26;1-2/h1-12,14,17-19,27,29H,13,15-16H2;1-2H3/b5-4+;. The smallest absolute Gasteiger partial charge is 0.269 e. The number of non-ortho nitro benzene ring substituents is 1. The molecule has 0 unspecified atom stereocenters. The molecule has 0 aliphatic heterocycles. The highest BCUT2D eigenvalue weighted by Gasteiger charge is 2.07. The molecule has 0 fully saturated rings. The molecule has 0 aliphatic carbocycles. The third-order valence-corrected chi connectivity index (χ3v) is 5.08. The normalized spacial score (nSPS) is 10.7. The second-order valence-corrected chi connectivity index (χ2v) is 7.39. The van der Waals surface area contributed by atoms with Gasteiger partial charge in [-0.3, -0.25) is 15.1 Å². The Morgan fingerprint density at radius 3 is 2.49 bits per heavy atom. The lowest BCUT2D eigenvalue weighted by Crippen LogP contribution is -2.29.